The summed E-state index contributed by atoms with van der Waals surface area (Å²) in [6.07, 6.45) is 1.21. The van der Waals surface area contributed by atoms with Crippen molar-refractivity contribution in [3.63, 3.8) is 0 Å². The molecular weight excluding hydrogens is 437 g/mol. The summed E-state index contributed by atoms with van der Waals surface area (Å²) >= 11 is 0.752. The molecular formula is C23H22FNO6S. The summed E-state index contributed by atoms with van der Waals surface area (Å²) in [5, 5.41) is -0.534. The quantitative estimate of drug-likeness (QED) is 0.427. The Bertz CT molecular complexity index is 1050. The first kappa shape index (κ1) is 23.3. The minimum absolute atomic E-state index is 0.189. The van der Waals surface area contributed by atoms with Gasteiger partial charge in [0.1, 0.15) is 19.0 Å². The average Bonchev–Trinajstić information content (AvgIpc) is 3.00. The smallest absolute Gasteiger partial charge is 0.326 e. The van der Waals surface area contributed by atoms with Gasteiger partial charge in [-0.1, -0.05) is 18.2 Å². The van der Waals surface area contributed by atoms with E-state index in [-0.39, 0.29) is 23.4 Å². The summed E-state index contributed by atoms with van der Waals surface area (Å²) in [5.74, 6) is -0.625. The van der Waals surface area contributed by atoms with Gasteiger partial charge in [0.05, 0.1) is 18.1 Å². The topological polar surface area (TPSA) is 82.1 Å². The Kier molecular flexibility index (Phi) is 7.53. The SMILES string of the molecule is COc1cc(/C=C2\SC(=O)N(CC(=O)OC(C)C)C2=O)ccc1OCc1ccc(F)cc1. The Labute approximate surface area is 189 Å². The number of imide groups is 1. The Balaban J connectivity index is 1.71. The van der Waals surface area contributed by atoms with Gasteiger partial charge in [-0.3, -0.25) is 19.3 Å². The number of benzene rings is 2. The van der Waals surface area contributed by atoms with E-state index in [2.05, 4.69) is 0 Å². The van der Waals surface area contributed by atoms with Gasteiger partial charge in [-0.05, 0) is 67.1 Å². The number of amides is 2. The van der Waals surface area contributed by atoms with Gasteiger partial charge in [0, 0.05) is 0 Å². The molecule has 0 unspecified atom stereocenters. The van der Waals surface area contributed by atoms with E-state index in [1.807, 2.05) is 0 Å². The molecule has 1 heterocycles. The van der Waals surface area contributed by atoms with Crippen molar-refractivity contribution < 1.29 is 33.0 Å². The lowest BCUT2D eigenvalue weighted by molar-refractivity contribution is -0.149. The van der Waals surface area contributed by atoms with Crippen molar-refractivity contribution >= 4 is 35.0 Å². The van der Waals surface area contributed by atoms with E-state index in [1.165, 1.54) is 19.2 Å². The summed E-state index contributed by atoms with van der Waals surface area (Å²) < 4.78 is 29.2. The predicted molar refractivity (Wildman–Crippen MR) is 118 cm³/mol. The minimum Gasteiger partial charge on any atom is -0.493 e. The molecule has 1 fully saturated rings. The van der Waals surface area contributed by atoms with Crippen LogP contribution in [-0.2, 0) is 20.9 Å². The van der Waals surface area contributed by atoms with Crippen LogP contribution in [0.15, 0.2) is 47.4 Å². The van der Waals surface area contributed by atoms with Crippen LogP contribution < -0.4 is 9.47 Å². The zero-order valence-electron chi connectivity index (χ0n) is 17.8. The van der Waals surface area contributed by atoms with Gasteiger partial charge in [0.2, 0.25) is 0 Å². The summed E-state index contributed by atoms with van der Waals surface area (Å²) in [6, 6.07) is 11.0. The highest BCUT2D eigenvalue weighted by Crippen LogP contribution is 2.34. The average molecular weight is 459 g/mol. The van der Waals surface area contributed by atoms with Crippen molar-refractivity contribution in [2.24, 2.45) is 0 Å². The number of carbonyl (C=O) groups is 3. The molecule has 2 amide bonds. The fourth-order valence-corrected chi connectivity index (χ4v) is 3.69. The molecule has 2 aromatic carbocycles. The normalized spacial score (nSPS) is 14.9. The molecule has 0 saturated carbocycles. The summed E-state index contributed by atoms with van der Waals surface area (Å²) in [7, 11) is 1.48. The molecule has 0 spiro atoms. The molecule has 3 rings (SSSR count). The molecule has 7 nitrogen and oxygen atoms in total. The third-order valence-electron chi connectivity index (χ3n) is 4.32. The predicted octanol–water partition coefficient (Wildman–Crippen LogP) is 4.40. The number of esters is 1. The standard InChI is InChI=1S/C23H22FNO6S/c1-14(2)31-21(26)12-25-22(27)20(32-23(25)28)11-16-6-9-18(19(10-16)29-3)30-13-15-4-7-17(24)8-5-15/h4-11,14H,12-13H2,1-3H3/b20-11-. The van der Waals surface area contributed by atoms with Crippen LogP contribution in [-0.4, -0.2) is 41.8 Å². The highest BCUT2D eigenvalue weighted by Gasteiger charge is 2.36. The van der Waals surface area contributed by atoms with Crippen molar-refractivity contribution in [2.75, 3.05) is 13.7 Å². The van der Waals surface area contributed by atoms with Crippen LogP contribution in [0.4, 0.5) is 9.18 Å². The molecule has 0 aromatic heterocycles. The van der Waals surface area contributed by atoms with Crippen LogP contribution >= 0.6 is 11.8 Å². The van der Waals surface area contributed by atoms with Crippen molar-refractivity contribution in [1.29, 1.82) is 0 Å². The third-order valence-corrected chi connectivity index (χ3v) is 5.23. The molecule has 0 aliphatic carbocycles. The van der Waals surface area contributed by atoms with E-state index in [1.54, 1.807) is 50.3 Å². The highest BCUT2D eigenvalue weighted by molar-refractivity contribution is 8.18. The van der Waals surface area contributed by atoms with Gasteiger partial charge in [0.25, 0.3) is 11.1 Å². The van der Waals surface area contributed by atoms with Gasteiger partial charge in [0.15, 0.2) is 11.5 Å². The molecule has 168 valence electrons. The van der Waals surface area contributed by atoms with Gasteiger partial charge in [-0.15, -0.1) is 0 Å². The second-order valence-electron chi connectivity index (χ2n) is 7.13. The van der Waals surface area contributed by atoms with Crippen LogP contribution in [0, 0.1) is 5.82 Å². The second kappa shape index (κ2) is 10.3. The first-order chi connectivity index (χ1) is 15.3. The first-order valence-corrected chi connectivity index (χ1v) is 10.6. The number of hydrogen-bond acceptors (Lipinski definition) is 7. The number of halogens is 1. The molecule has 0 bridgehead atoms. The fourth-order valence-electron chi connectivity index (χ4n) is 2.85. The van der Waals surface area contributed by atoms with Crippen molar-refractivity contribution in [3.8, 4) is 11.5 Å². The van der Waals surface area contributed by atoms with E-state index < -0.39 is 23.7 Å². The van der Waals surface area contributed by atoms with Crippen LogP contribution in [0.1, 0.15) is 25.0 Å². The summed E-state index contributed by atoms with van der Waals surface area (Å²) in [5.41, 5.74) is 1.41. The molecule has 9 heteroatoms. The first-order valence-electron chi connectivity index (χ1n) is 9.77. The van der Waals surface area contributed by atoms with Gasteiger partial charge < -0.3 is 14.2 Å². The van der Waals surface area contributed by atoms with E-state index in [0.717, 1.165) is 22.2 Å². The van der Waals surface area contributed by atoms with E-state index >= 15 is 0 Å². The number of rotatable bonds is 8. The number of hydrogen-bond donors (Lipinski definition) is 0. The maximum atomic E-state index is 13.0. The van der Waals surface area contributed by atoms with Gasteiger partial charge >= 0.3 is 5.97 Å². The largest absolute Gasteiger partial charge is 0.493 e. The molecule has 32 heavy (non-hydrogen) atoms. The molecule has 1 saturated heterocycles. The maximum absolute atomic E-state index is 13.0. The number of carbonyl (C=O) groups excluding carboxylic acids is 3. The van der Waals surface area contributed by atoms with Gasteiger partial charge in [-0.2, -0.15) is 0 Å². The monoisotopic (exact) mass is 459 g/mol. The Morgan fingerprint density at radius 3 is 2.50 bits per heavy atom. The van der Waals surface area contributed by atoms with E-state index in [9.17, 15) is 18.8 Å². The molecule has 0 atom stereocenters. The van der Waals surface area contributed by atoms with Crippen LogP contribution in [0.25, 0.3) is 6.08 Å². The second-order valence-corrected chi connectivity index (χ2v) is 8.13. The maximum Gasteiger partial charge on any atom is 0.326 e. The summed E-state index contributed by atoms with van der Waals surface area (Å²) in [4.78, 5) is 37.6. The minimum atomic E-state index is -0.645. The van der Waals surface area contributed by atoms with E-state index in [4.69, 9.17) is 14.2 Å². The Morgan fingerprint density at radius 2 is 1.84 bits per heavy atom. The molecule has 0 radical (unpaired) electrons. The van der Waals surface area contributed by atoms with Crippen LogP contribution in [0.3, 0.4) is 0 Å². The Hall–Kier alpha value is -3.33. The molecule has 1 aliphatic rings. The van der Waals surface area contributed by atoms with Crippen molar-refractivity contribution in [2.45, 2.75) is 26.6 Å². The molecule has 1 aliphatic heterocycles. The number of nitrogens with zero attached hydrogens (tertiary/aromatic N) is 1. The zero-order chi connectivity index (χ0) is 23.3. The molecule has 2 aromatic rings. The third kappa shape index (κ3) is 5.88. The summed E-state index contributed by atoms with van der Waals surface area (Å²) in [6.45, 7) is 3.17. The highest BCUT2D eigenvalue weighted by atomic mass is 32.2. The van der Waals surface area contributed by atoms with Crippen molar-refractivity contribution in [3.05, 3.63) is 64.3 Å². The lowest BCUT2D eigenvalue weighted by Gasteiger charge is -2.13. The zero-order valence-corrected chi connectivity index (χ0v) is 18.6. The lowest BCUT2D eigenvalue weighted by atomic mass is 10.1. The van der Waals surface area contributed by atoms with E-state index in [0.29, 0.717) is 17.1 Å². The van der Waals surface area contributed by atoms with Crippen LogP contribution in [0.2, 0.25) is 0 Å². The lowest BCUT2D eigenvalue weighted by Crippen LogP contribution is -2.35. The van der Waals surface area contributed by atoms with Crippen molar-refractivity contribution in [1.82, 2.24) is 4.90 Å². The van der Waals surface area contributed by atoms with Gasteiger partial charge in [-0.25, -0.2) is 4.39 Å². The number of methoxy groups -OCH3 is 1. The number of thioether (sulfide) groups is 1. The molecule has 0 N–H and O–H groups in total. The Morgan fingerprint density at radius 1 is 1.12 bits per heavy atom. The van der Waals surface area contributed by atoms with Crippen LogP contribution in [0.5, 0.6) is 11.5 Å². The fraction of sp³-hybridized carbons (Fsp3) is 0.261. The number of ether oxygens (including phenoxy) is 3.